The van der Waals surface area contributed by atoms with E-state index >= 15 is 0 Å². The molecule has 1 aliphatic carbocycles. The highest BCUT2D eigenvalue weighted by Gasteiger charge is 2.39. The molecular weight excluding hydrogens is 376 g/mol. The van der Waals surface area contributed by atoms with Gasteiger partial charge in [-0.1, -0.05) is 43.7 Å². The van der Waals surface area contributed by atoms with E-state index in [1.54, 1.807) is 6.20 Å². The normalized spacial score (nSPS) is 22.2. The summed E-state index contributed by atoms with van der Waals surface area (Å²) in [4.78, 5) is 25.0. The molecule has 6 heteroatoms. The Kier molecular flexibility index (Phi) is 5.84. The van der Waals surface area contributed by atoms with E-state index in [1.807, 2.05) is 25.1 Å². The lowest BCUT2D eigenvalue weighted by Crippen LogP contribution is -2.54. The summed E-state index contributed by atoms with van der Waals surface area (Å²) in [6.45, 7) is 6.25. The maximum atomic E-state index is 12.7. The van der Waals surface area contributed by atoms with E-state index in [2.05, 4.69) is 25.2 Å². The maximum Gasteiger partial charge on any atom is 0.322 e. The van der Waals surface area contributed by atoms with Crippen LogP contribution in [0.5, 0.6) is 0 Å². The second kappa shape index (κ2) is 8.00. The van der Waals surface area contributed by atoms with Gasteiger partial charge in [0.25, 0.3) is 0 Å². The number of carboxylic acid groups (broad SMARTS) is 1. The number of carbonyl (C=O) groups excluding carboxylic acids is 1. The number of carbonyl (C=O) groups is 2. The van der Waals surface area contributed by atoms with Crippen molar-refractivity contribution in [3.63, 3.8) is 0 Å². The summed E-state index contributed by atoms with van der Waals surface area (Å²) in [5.74, 6) is -0.766. The van der Waals surface area contributed by atoms with Gasteiger partial charge in [0.05, 0.1) is 12.0 Å². The number of amides is 2. The van der Waals surface area contributed by atoms with Crippen molar-refractivity contribution in [2.45, 2.75) is 52.0 Å². The van der Waals surface area contributed by atoms with E-state index in [4.69, 9.17) is 16.7 Å². The zero-order chi connectivity index (χ0) is 20.5. The van der Waals surface area contributed by atoms with E-state index in [9.17, 15) is 9.59 Å². The Hall–Kier alpha value is -2.27. The highest BCUT2D eigenvalue weighted by atomic mass is 35.5. The van der Waals surface area contributed by atoms with Crippen molar-refractivity contribution in [1.29, 1.82) is 0 Å². The monoisotopic (exact) mass is 402 g/mol. The standard InChI is InChI=1S/C22H27ClN2O3/c1-14(2)18-13-25(11-10-20(26)27)21(28)24-22(18,3)16-8-9-17(19(23)12-16)15-6-4-5-7-15/h6,8-9,12-14H,4-5,7,10-11H2,1-3H3,(H,24,28)(H,26,27)/t22-/m0/s1. The fourth-order valence-corrected chi connectivity index (χ4v) is 4.36. The number of urea groups is 1. The molecule has 5 nitrogen and oxygen atoms in total. The summed E-state index contributed by atoms with van der Waals surface area (Å²) >= 11 is 6.62. The first-order chi connectivity index (χ1) is 13.2. The smallest absolute Gasteiger partial charge is 0.322 e. The number of carboxylic acids is 1. The van der Waals surface area contributed by atoms with Crippen LogP contribution in [0.4, 0.5) is 4.79 Å². The molecule has 0 saturated heterocycles. The van der Waals surface area contributed by atoms with Gasteiger partial charge in [-0.3, -0.25) is 4.79 Å². The van der Waals surface area contributed by atoms with Crippen LogP contribution < -0.4 is 5.32 Å². The van der Waals surface area contributed by atoms with E-state index < -0.39 is 11.5 Å². The first-order valence-corrected chi connectivity index (χ1v) is 10.1. The summed E-state index contributed by atoms with van der Waals surface area (Å²) in [6, 6.07) is 5.72. The number of aliphatic carboxylic acids is 1. The third-order valence-electron chi connectivity index (χ3n) is 5.61. The predicted molar refractivity (Wildman–Crippen MR) is 111 cm³/mol. The topological polar surface area (TPSA) is 69.6 Å². The molecular formula is C22H27ClN2O3. The number of hydrogen-bond acceptors (Lipinski definition) is 2. The minimum Gasteiger partial charge on any atom is -0.481 e. The lowest BCUT2D eigenvalue weighted by atomic mass is 9.78. The van der Waals surface area contributed by atoms with Crippen molar-refractivity contribution in [3.8, 4) is 0 Å². The van der Waals surface area contributed by atoms with Crippen molar-refractivity contribution in [1.82, 2.24) is 10.2 Å². The van der Waals surface area contributed by atoms with E-state index in [0.717, 1.165) is 36.0 Å². The summed E-state index contributed by atoms with van der Waals surface area (Å²) in [6.07, 6.45) is 7.24. The Morgan fingerprint density at radius 3 is 2.71 bits per heavy atom. The molecule has 0 aromatic heterocycles. The average Bonchev–Trinajstić information content (AvgIpc) is 3.14. The van der Waals surface area contributed by atoms with Crippen LogP contribution >= 0.6 is 11.6 Å². The molecule has 1 aromatic rings. The van der Waals surface area contributed by atoms with Crippen LogP contribution in [0.2, 0.25) is 5.02 Å². The summed E-state index contributed by atoms with van der Waals surface area (Å²) in [7, 11) is 0. The van der Waals surface area contributed by atoms with Gasteiger partial charge >= 0.3 is 12.0 Å². The zero-order valence-electron chi connectivity index (χ0n) is 16.6. The van der Waals surface area contributed by atoms with Crippen LogP contribution in [0.3, 0.4) is 0 Å². The third kappa shape index (κ3) is 3.95. The molecule has 1 aliphatic heterocycles. The molecule has 0 fully saturated rings. The first kappa shape index (κ1) is 20.5. The Labute approximate surface area is 171 Å². The number of nitrogens with one attached hydrogen (secondary N) is 1. The van der Waals surface area contributed by atoms with Gasteiger partial charge in [-0.05, 0) is 60.4 Å². The molecule has 28 heavy (non-hydrogen) atoms. The van der Waals surface area contributed by atoms with E-state index in [0.29, 0.717) is 5.02 Å². The van der Waals surface area contributed by atoms with Crippen molar-refractivity contribution in [3.05, 3.63) is 52.2 Å². The van der Waals surface area contributed by atoms with Gasteiger partial charge in [0.1, 0.15) is 0 Å². The Morgan fingerprint density at radius 2 is 2.14 bits per heavy atom. The van der Waals surface area contributed by atoms with Gasteiger partial charge < -0.3 is 15.3 Å². The van der Waals surface area contributed by atoms with Crippen LogP contribution in [0.1, 0.15) is 57.6 Å². The molecule has 2 N–H and O–H groups in total. The van der Waals surface area contributed by atoms with Crippen molar-refractivity contribution in [2.24, 2.45) is 5.92 Å². The van der Waals surface area contributed by atoms with Gasteiger partial charge in [-0.2, -0.15) is 0 Å². The van der Waals surface area contributed by atoms with Crippen LogP contribution in [0.25, 0.3) is 5.57 Å². The lowest BCUT2D eigenvalue weighted by molar-refractivity contribution is -0.137. The van der Waals surface area contributed by atoms with Crippen molar-refractivity contribution >= 4 is 29.2 Å². The molecule has 0 unspecified atom stereocenters. The quantitative estimate of drug-likeness (QED) is 0.690. The zero-order valence-corrected chi connectivity index (χ0v) is 17.3. The molecule has 0 bridgehead atoms. The number of rotatable bonds is 6. The highest BCUT2D eigenvalue weighted by Crippen LogP contribution is 2.40. The summed E-state index contributed by atoms with van der Waals surface area (Å²) in [5.41, 5.74) is 3.59. The Bertz CT molecular complexity index is 859. The molecule has 1 heterocycles. The molecule has 0 radical (unpaired) electrons. The average molecular weight is 403 g/mol. The number of nitrogens with zero attached hydrogens (tertiary/aromatic N) is 1. The highest BCUT2D eigenvalue weighted by molar-refractivity contribution is 6.32. The van der Waals surface area contributed by atoms with Crippen molar-refractivity contribution in [2.75, 3.05) is 6.54 Å². The number of hydrogen-bond donors (Lipinski definition) is 2. The molecule has 150 valence electrons. The molecule has 1 aromatic carbocycles. The Balaban J connectivity index is 1.97. The number of halogens is 1. The molecule has 0 saturated carbocycles. The van der Waals surface area contributed by atoms with Gasteiger partial charge in [-0.25, -0.2) is 4.79 Å². The molecule has 2 aliphatic rings. The molecule has 3 rings (SSSR count). The predicted octanol–water partition coefficient (Wildman–Crippen LogP) is 5.16. The fourth-order valence-electron chi connectivity index (χ4n) is 4.06. The van der Waals surface area contributed by atoms with Crippen LogP contribution in [-0.4, -0.2) is 28.6 Å². The third-order valence-corrected chi connectivity index (χ3v) is 5.92. The minimum atomic E-state index is -0.927. The first-order valence-electron chi connectivity index (χ1n) is 9.74. The summed E-state index contributed by atoms with van der Waals surface area (Å²) < 4.78 is 0. The number of allylic oxidation sites excluding steroid dienone is 2. The van der Waals surface area contributed by atoms with Crippen molar-refractivity contribution < 1.29 is 14.7 Å². The molecule has 2 amide bonds. The summed E-state index contributed by atoms with van der Waals surface area (Å²) in [5, 5.41) is 12.7. The van der Waals surface area contributed by atoms with Gasteiger partial charge in [0.15, 0.2) is 0 Å². The van der Waals surface area contributed by atoms with Crippen LogP contribution in [-0.2, 0) is 10.3 Å². The SMILES string of the molecule is CC(C)C1=CN(CCC(=O)O)C(=O)N[C@@]1(C)c1ccc(C2=CCCC2)c(Cl)c1. The number of benzene rings is 1. The Morgan fingerprint density at radius 1 is 1.39 bits per heavy atom. The molecule has 1 atom stereocenters. The molecule has 0 spiro atoms. The van der Waals surface area contributed by atoms with Gasteiger partial charge in [-0.15, -0.1) is 0 Å². The van der Waals surface area contributed by atoms with E-state index in [-0.39, 0.29) is 24.9 Å². The second-order valence-corrected chi connectivity index (χ2v) is 8.35. The largest absolute Gasteiger partial charge is 0.481 e. The van der Waals surface area contributed by atoms with E-state index in [1.165, 1.54) is 10.5 Å². The van der Waals surface area contributed by atoms with Gasteiger partial charge in [0, 0.05) is 17.8 Å². The minimum absolute atomic E-state index is 0.0956. The van der Waals surface area contributed by atoms with Crippen LogP contribution in [0, 0.1) is 5.92 Å². The lowest BCUT2D eigenvalue weighted by Gasteiger charge is -2.42. The van der Waals surface area contributed by atoms with Gasteiger partial charge in [0.2, 0.25) is 0 Å². The fraction of sp³-hybridized carbons (Fsp3) is 0.455. The van der Waals surface area contributed by atoms with Crippen LogP contribution in [0.15, 0.2) is 36.0 Å². The maximum absolute atomic E-state index is 12.7. The second-order valence-electron chi connectivity index (χ2n) is 7.95.